The quantitative estimate of drug-likeness (QED) is 0.782. The molecule has 1 aliphatic rings. The number of hydrogen-bond donors (Lipinski definition) is 0. The van der Waals surface area contributed by atoms with E-state index in [-0.39, 0.29) is 12.5 Å². The van der Waals surface area contributed by atoms with Crippen molar-refractivity contribution in [3.63, 3.8) is 0 Å². The highest BCUT2D eigenvalue weighted by molar-refractivity contribution is 5.95. The summed E-state index contributed by atoms with van der Waals surface area (Å²) in [4.78, 5) is 13.9. The fourth-order valence-electron chi connectivity index (χ4n) is 2.21. The maximum Gasteiger partial charge on any atom is 0.265 e. The second-order valence-corrected chi connectivity index (χ2v) is 4.71. The highest BCUT2D eigenvalue weighted by atomic mass is 16.5. The predicted octanol–water partition coefficient (Wildman–Crippen LogP) is 2.92. The molecule has 3 rings (SSSR count). The topological polar surface area (TPSA) is 29.5 Å². The summed E-state index contributed by atoms with van der Waals surface area (Å²) in [7, 11) is 0. The first-order valence-corrected chi connectivity index (χ1v) is 6.32. The Morgan fingerprint density at radius 3 is 2.58 bits per heavy atom. The third-order valence-corrected chi connectivity index (χ3v) is 3.30. The largest absolute Gasteiger partial charge is 0.483 e. The SMILES string of the molecule is Cc1ccc(N2Cc3ccccc3OCC2=O)cc1. The first-order chi connectivity index (χ1) is 9.24. The average molecular weight is 253 g/mol. The van der Waals surface area contributed by atoms with Gasteiger partial charge in [0, 0.05) is 11.3 Å². The van der Waals surface area contributed by atoms with Crippen LogP contribution in [0.15, 0.2) is 48.5 Å². The third-order valence-electron chi connectivity index (χ3n) is 3.30. The van der Waals surface area contributed by atoms with Crippen LogP contribution in [-0.4, -0.2) is 12.5 Å². The van der Waals surface area contributed by atoms with E-state index in [2.05, 4.69) is 0 Å². The van der Waals surface area contributed by atoms with Crippen LogP contribution in [0.3, 0.4) is 0 Å². The molecular weight excluding hydrogens is 238 g/mol. The number of carbonyl (C=O) groups is 1. The molecule has 3 nitrogen and oxygen atoms in total. The van der Waals surface area contributed by atoms with Crippen molar-refractivity contribution in [2.24, 2.45) is 0 Å². The number of aryl methyl sites for hydroxylation is 1. The molecule has 0 fully saturated rings. The molecule has 0 unspecified atom stereocenters. The number of rotatable bonds is 1. The fraction of sp³-hybridized carbons (Fsp3) is 0.188. The first-order valence-electron chi connectivity index (χ1n) is 6.32. The lowest BCUT2D eigenvalue weighted by atomic mass is 10.1. The highest BCUT2D eigenvalue weighted by Crippen LogP contribution is 2.26. The van der Waals surface area contributed by atoms with E-state index >= 15 is 0 Å². The van der Waals surface area contributed by atoms with Gasteiger partial charge in [0.05, 0.1) is 6.54 Å². The number of benzene rings is 2. The minimum atomic E-state index is -0.0138. The van der Waals surface area contributed by atoms with Gasteiger partial charge >= 0.3 is 0 Å². The van der Waals surface area contributed by atoms with Gasteiger partial charge in [-0.1, -0.05) is 35.9 Å². The molecule has 0 bridgehead atoms. The highest BCUT2D eigenvalue weighted by Gasteiger charge is 2.22. The molecule has 0 spiro atoms. The van der Waals surface area contributed by atoms with Gasteiger partial charge in [0.2, 0.25) is 0 Å². The van der Waals surface area contributed by atoms with Gasteiger partial charge in [-0.15, -0.1) is 0 Å². The number of ether oxygens (including phenoxy) is 1. The van der Waals surface area contributed by atoms with E-state index in [1.54, 1.807) is 4.90 Å². The zero-order valence-electron chi connectivity index (χ0n) is 10.8. The Kier molecular flexibility index (Phi) is 2.95. The Bertz CT molecular complexity index is 604. The molecule has 1 aliphatic heterocycles. The summed E-state index contributed by atoms with van der Waals surface area (Å²) in [6.07, 6.45) is 0. The monoisotopic (exact) mass is 253 g/mol. The minimum Gasteiger partial charge on any atom is -0.483 e. The van der Waals surface area contributed by atoms with E-state index in [1.165, 1.54) is 5.56 Å². The smallest absolute Gasteiger partial charge is 0.265 e. The lowest BCUT2D eigenvalue weighted by Crippen LogP contribution is -2.32. The molecule has 0 radical (unpaired) electrons. The van der Waals surface area contributed by atoms with Crippen LogP contribution in [0.25, 0.3) is 0 Å². The van der Waals surface area contributed by atoms with Gasteiger partial charge in [0.25, 0.3) is 5.91 Å². The van der Waals surface area contributed by atoms with Crippen LogP contribution in [0.4, 0.5) is 5.69 Å². The Hall–Kier alpha value is -2.29. The van der Waals surface area contributed by atoms with Crippen LogP contribution in [0.2, 0.25) is 0 Å². The lowest BCUT2D eigenvalue weighted by Gasteiger charge is -2.20. The van der Waals surface area contributed by atoms with Crippen molar-refractivity contribution in [2.45, 2.75) is 13.5 Å². The fourth-order valence-corrected chi connectivity index (χ4v) is 2.21. The van der Waals surface area contributed by atoms with Crippen LogP contribution in [0, 0.1) is 6.92 Å². The summed E-state index contributed by atoms with van der Waals surface area (Å²) >= 11 is 0. The molecule has 19 heavy (non-hydrogen) atoms. The van der Waals surface area contributed by atoms with Gasteiger partial charge in [-0.25, -0.2) is 0 Å². The van der Waals surface area contributed by atoms with E-state index in [0.29, 0.717) is 6.54 Å². The number of nitrogens with zero attached hydrogens (tertiary/aromatic N) is 1. The zero-order valence-corrected chi connectivity index (χ0v) is 10.8. The molecule has 2 aromatic rings. The van der Waals surface area contributed by atoms with Crippen LogP contribution in [0.1, 0.15) is 11.1 Å². The van der Waals surface area contributed by atoms with Crippen molar-refractivity contribution in [3.05, 3.63) is 59.7 Å². The predicted molar refractivity (Wildman–Crippen MR) is 74.3 cm³/mol. The van der Waals surface area contributed by atoms with Crippen molar-refractivity contribution in [1.82, 2.24) is 0 Å². The van der Waals surface area contributed by atoms with E-state index in [4.69, 9.17) is 4.74 Å². The Balaban J connectivity index is 1.97. The number of carbonyl (C=O) groups excluding carboxylic acids is 1. The van der Waals surface area contributed by atoms with Crippen molar-refractivity contribution < 1.29 is 9.53 Å². The number of amides is 1. The second-order valence-electron chi connectivity index (χ2n) is 4.71. The molecule has 2 aromatic carbocycles. The molecule has 1 amide bonds. The molecule has 0 aliphatic carbocycles. The summed E-state index contributed by atoms with van der Waals surface area (Å²) in [5.74, 6) is 0.783. The Morgan fingerprint density at radius 2 is 1.79 bits per heavy atom. The van der Waals surface area contributed by atoms with E-state index in [1.807, 2.05) is 55.5 Å². The molecule has 0 saturated carbocycles. The van der Waals surface area contributed by atoms with Crippen LogP contribution in [0.5, 0.6) is 5.75 Å². The van der Waals surface area contributed by atoms with Crippen LogP contribution in [-0.2, 0) is 11.3 Å². The summed E-state index contributed by atoms with van der Waals surface area (Å²) in [6, 6.07) is 15.8. The number of para-hydroxylation sites is 1. The summed E-state index contributed by atoms with van der Waals surface area (Å²) in [5, 5.41) is 0. The standard InChI is InChI=1S/C16H15NO2/c1-12-6-8-14(9-7-12)17-10-13-4-2-3-5-15(13)19-11-16(17)18/h2-9H,10-11H2,1H3. The van der Waals surface area contributed by atoms with E-state index in [9.17, 15) is 4.79 Å². The van der Waals surface area contributed by atoms with Gasteiger partial charge in [0.15, 0.2) is 6.61 Å². The lowest BCUT2D eigenvalue weighted by molar-refractivity contribution is -0.120. The molecule has 3 heteroatoms. The number of hydrogen-bond acceptors (Lipinski definition) is 2. The maximum atomic E-state index is 12.2. The molecule has 0 N–H and O–H groups in total. The van der Waals surface area contributed by atoms with Crippen molar-refractivity contribution in [2.75, 3.05) is 11.5 Å². The molecule has 1 heterocycles. The molecule has 0 atom stereocenters. The summed E-state index contributed by atoms with van der Waals surface area (Å²) < 4.78 is 5.54. The van der Waals surface area contributed by atoms with Crippen molar-refractivity contribution in [3.8, 4) is 5.75 Å². The Labute approximate surface area is 112 Å². The van der Waals surface area contributed by atoms with Crippen LogP contribution >= 0.6 is 0 Å². The van der Waals surface area contributed by atoms with Gasteiger partial charge in [-0.05, 0) is 25.1 Å². The number of anilines is 1. The number of fused-ring (bicyclic) bond motifs is 1. The van der Waals surface area contributed by atoms with Gasteiger partial charge in [0.1, 0.15) is 5.75 Å². The van der Waals surface area contributed by atoms with Crippen molar-refractivity contribution in [1.29, 1.82) is 0 Å². The average Bonchev–Trinajstić information content (AvgIpc) is 2.60. The van der Waals surface area contributed by atoms with Gasteiger partial charge in [-0.2, -0.15) is 0 Å². The van der Waals surface area contributed by atoms with E-state index < -0.39 is 0 Å². The molecule has 0 saturated heterocycles. The molecular formula is C16H15NO2. The normalized spacial score (nSPS) is 14.6. The second kappa shape index (κ2) is 4.76. The van der Waals surface area contributed by atoms with E-state index in [0.717, 1.165) is 17.0 Å². The van der Waals surface area contributed by atoms with Crippen LogP contribution < -0.4 is 9.64 Å². The van der Waals surface area contributed by atoms with Gasteiger partial charge in [-0.3, -0.25) is 4.79 Å². The maximum absolute atomic E-state index is 12.2. The third kappa shape index (κ3) is 2.32. The first kappa shape index (κ1) is 11.8. The molecule has 0 aromatic heterocycles. The summed E-state index contributed by atoms with van der Waals surface area (Å²) in [5.41, 5.74) is 3.13. The van der Waals surface area contributed by atoms with Crippen molar-refractivity contribution >= 4 is 11.6 Å². The molecule has 96 valence electrons. The zero-order chi connectivity index (χ0) is 13.2. The Morgan fingerprint density at radius 1 is 1.05 bits per heavy atom. The van der Waals surface area contributed by atoms with Gasteiger partial charge < -0.3 is 9.64 Å². The minimum absolute atomic E-state index is 0.0138. The summed E-state index contributed by atoms with van der Waals surface area (Å²) in [6.45, 7) is 2.68.